The van der Waals surface area contributed by atoms with Gasteiger partial charge in [-0.2, -0.15) is 0 Å². The van der Waals surface area contributed by atoms with E-state index >= 15 is 0 Å². The SMILES string of the molecule is CC1(C)CN(c2nc3c(c(=O)[nH]2)CCNCC3)CCO1. The van der Waals surface area contributed by atoms with Gasteiger partial charge in [-0.25, -0.2) is 4.98 Å². The summed E-state index contributed by atoms with van der Waals surface area (Å²) < 4.78 is 5.71. The molecule has 0 aliphatic carbocycles. The molecule has 1 aromatic heterocycles. The van der Waals surface area contributed by atoms with E-state index in [0.29, 0.717) is 12.6 Å². The van der Waals surface area contributed by atoms with Crippen LogP contribution >= 0.6 is 0 Å². The molecule has 0 amide bonds. The Morgan fingerprint density at radius 2 is 2.10 bits per heavy atom. The molecule has 0 atom stereocenters. The van der Waals surface area contributed by atoms with Crippen LogP contribution < -0.4 is 15.8 Å². The van der Waals surface area contributed by atoms with Crippen LogP contribution in [0, 0.1) is 0 Å². The molecule has 2 aliphatic rings. The van der Waals surface area contributed by atoms with Crippen LogP contribution in [0.1, 0.15) is 25.1 Å². The van der Waals surface area contributed by atoms with Gasteiger partial charge in [-0.05, 0) is 26.8 Å². The first-order valence-electron chi connectivity index (χ1n) is 7.27. The topological polar surface area (TPSA) is 70.2 Å². The van der Waals surface area contributed by atoms with Gasteiger partial charge in [0.2, 0.25) is 5.95 Å². The minimum Gasteiger partial charge on any atom is -0.372 e. The van der Waals surface area contributed by atoms with Crippen LogP contribution in [0.15, 0.2) is 4.79 Å². The maximum absolute atomic E-state index is 12.3. The van der Waals surface area contributed by atoms with E-state index in [1.54, 1.807) is 0 Å². The van der Waals surface area contributed by atoms with E-state index in [2.05, 4.69) is 29.0 Å². The van der Waals surface area contributed by atoms with Crippen molar-refractivity contribution < 1.29 is 4.74 Å². The average molecular weight is 278 g/mol. The predicted molar refractivity (Wildman–Crippen MR) is 77.4 cm³/mol. The zero-order chi connectivity index (χ0) is 14.2. The van der Waals surface area contributed by atoms with Crippen molar-refractivity contribution in [3.63, 3.8) is 0 Å². The van der Waals surface area contributed by atoms with Crippen molar-refractivity contribution >= 4 is 5.95 Å². The number of fused-ring (bicyclic) bond motifs is 1. The number of nitrogens with zero attached hydrogens (tertiary/aromatic N) is 2. The maximum Gasteiger partial charge on any atom is 0.255 e. The molecule has 0 aromatic carbocycles. The fourth-order valence-electron chi connectivity index (χ4n) is 2.89. The summed E-state index contributed by atoms with van der Waals surface area (Å²) in [4.78, 5) is 22.0. The lowest BCUT2D eigenvalue weighted by atomic mass is 10.1. The third-order valence-corrected chi connectivity index (χ3v) is 3.90. The summed E-state index contributed by atoms with van der Waals surface area (Å²) in [6.45, 7) is 8.03. The summed E-state index contributed by atoms with van der Waals surface area (Å²) in [5, 5.41) is 3.31. The lowest BCUT2D eigenvalue weighted by Crippen LogP contribution is -2.49. The summed E-state index contributed by atoms with van der Waals surface area (Å²) in [7, 11) is 0. The number of hydrogen-bond donors (Lipinski definition) is 2. The van der Waals surface area contributed by atoms with E-state index in [-0.39, 0.29) is 11.2 Å². The second-order valence-corrected chi connectivity index (χ2v) is 6.09. The largest absolute Gasteiger partial charge is 0.372 e. The van der Waals surface area contributed by atoms with Crippen molar-refractivity contribution in [1.29, 1.82) is 0 Å². The van der Waals surface area contributed by atoms with Gasteiger partial charge >= 0.3 is 0 Å². The summed E-state index contributed by atoms with van der Waals surface area (Å²) in [6, 6.07) is 0. The highest BCUT2D eigenvalue weighted by Gasteiger charge is 2.29. The van der Waals surface area contributed by atoms with Gasteiger partial charge in [0.05, 0.1) is 17.9 Å². The zero-order valence-corrected chi connectivity index (χ0v) is 12.2. The van der Waals surface area contributed by atoms with Gasteiger partial charge in [0.1, 0.15) is 0 Å². The predicted octanol–water partition coefficient (Wildman–Crippen LogP) is 0.0733. The molecule has 0 bridgehead atoms. The molecule has 0 unspecified atom stereocenters. The lowest BCUT2D eigenvalue weighted by molar-refractivity contribution is -0.0281. The Kier molecular flexibility index (Phi) is 3.52. The molecule has 110 valence electrons. The molecule has 0 saturated carbocycles. The number of aromatic nitrogens is 2. The van der Waals surface area contributed by atoms with Crippen LogP contribution in [0.5, 0.6) is 0 Å². The smallest absolute Gasteiger partial charge is 0.255 e. The normalized spacial score (nSPS) is 22.2. The van der Waals surface area contributed by atoms with E-state index in [4.69, 9.17) is 9.72 Å². The van der Waals surface area contributed by atoms with E-state index in [1.165, 1.54) is 0 Å². The molecule has 2 N–H and O–H groups in total. The summed E-state index contributed by atoms with van der Waals surface area (Å²) in [5.41, 5.74) is 1.59. The van der Waals surface area contributed by atoms with Crippen molar-refractivity contribution in [2.45, 2.75) is 32.3 Å². The number of nitrogens with one attached hydrogen (secondary N) is 2. The average Bonchev–Trinajstić information content (AvgIpc) is 2.63. The van der Waals surface area contributed by atoms with E-state index < -0.39 is 0 Å². The molecule has 3 heterocycles. The monoisotopic (exact) mass is 278 g/mol. The van der Waals surface area contributed by atoms with E-state index in [9.17, 15) is 4.79 Å². The second kappa shape index (κ2) is 5.18. The van der Waals surface area contributed by atoms with Gasteiger partial charge in [0.15, 0.2) is 0 Å². The molecular weight excluding hydrogens is 256 g/mol. The molecule has 0 spiro atoms. The van der Waals surface area contributed by atoms with E-state index in [0.717, 1.165) is 50.3 Å². The highest BCUT2D eigenvalue weighted by Crippen LogP contribution is 2.20. The lowest BCUT2D eigenvalue weighted by Gasteiger charge is -2.38. The Labute approximate surface area is 118 Å². The minimum absolute atomic E-state index is 0.0120. The molecule has 1 fully saturated rings. The Hall–Kier alpha value is -1.40. The maximum atomic E-state index is 12.3. The molecule has 0 radical (unpaired) electrons. The fraction of sp³-hybridized carbons (Fsp3) is 0.714. The molecule has 6 heteroatoms. The number of ether oxygens (including phenoxy) is 1. The van der Waals surface area contributed by atoms with Gasteiger partial charge in [-0.3, -0.25) is 9.78 Å². The molecular formula is C14H22N4O2. The number of aromatic amines is 1. The van der Waals surface area contributed by atoms with Gasteiger partial charge in [-0.15, -0.1) is 0 Å². The van der Waals surface area contributed by atoms with Crippen LogP contribution in [0.25, 0.3) is 0 Å². The number of H-pyrrole nitrogens is 1. The Balaban J connectivity index is 1.93. The van der Waals surface area contributed by atoms with Crippen molar-refractivity contribution in [3.8, 4) is 0 Å². The Morgan fingerprint density at radius 1 is 1.30 bits per heavy atom. The van der Waals surface area contributed by atoms with Crippen LogP contribution in [0.3, 0.4) is 0 Å². The van der Waals surface area contributed by atoms with Crippen molar-refractivity contribution in [3.05, 3.63) is 21.6 Å². The molecule has 2 aliphatic heterocycles. The standard InChI is InChI=1S/C14H22N4O2/c1-14(2)9-18(7-8-20-14)13-16-11-4-6-15-5-3-10(11)12(19)17-13/h15H,3-9H2,1-2H3,(H,16,17,19). The quantitative estimate of drug-likeness (QED) is 0.761. The van der Waals surface area contributed by atoms with Gasteiger partial charge in [0.25, 0.3) is 5.56 Å². The fourth-order valence-corrected chi connectivity index (χ4v) is 2.89. The third-order valence-electron chi connectivity index (χ3n) is 3.90. The molecule has 6 nitrogen and oxygen atoms in total. The summed E-state index contributed by atoms with van der Waals surface area (Å²) >= 11 is 0. The number of anilines is 1. The molecule has 1 saturated heterocycles. The summed E-state index contributed by atoms with van der Waals surface area (Å²) in [6.07, 6.45) is 1.58. The second-order valence-electron chi connectivity index (χ2n) is 6.09. The van der Waals surface area contributed by atoms with Gasteiger partial charge < -0.3 is 15.0 Å². The first-order valence-corrected chi connectivity index (χ1v) is 7.27. The van der Waals surface area contributed by atoms with Crippen LogP contribution in [-0.2, 0) is 17.6 Å². The zero-order valence-electron chi connectivity index (χ0n) is 12.2. The Morgan fingerprint density at radius 3 is 2.90 bits per heavy atom. The highest BCUT2D eigenvalue weighted by atomic mass is 16.5. The van der Waals surface area contributed by atoms with Crippen molar-refractivity contribution in [1.82, 2.24) is 15.3 Å². The van der Waals surface area contributed by atoms with Gasteiger partial charge in [0, 0.05) is 31.6 Å². The first kappa shape index (κ1) is 13.6. The third kappa shape index (κ3) is 2.71. The molecule has 20 heavy (non-hydrogen) atoms. The van der Waals surface area contributed by atoms with Gasteiger partial charge in [-0.1, -0.05) is 0 Å². The summed E-state index contributed by atoms with van der Waals surface area (Å²) in [5.74, 6) is 0.687. The molecule has 3 rings (SSSR count). The van der Waals surface area contributed by atoms with Crippen molar-refractivity contribution in [2.75, 3.05) is 37.7 Å². The first-order chi connectivity index (χ1) is 9.55. The van der Waals surface area contributed by atoms with Crippen molar-refractivity contribution in [2.24, 2.45) is 0 Å². The molecule has 1 aromatic rings. The number of hydrogen-bond acceptors (Lipinski definition) is 5. The van der Waals surface area contributed by atoms with Crippen LogP contribution in [-0.4, -0.2) is 48.4 Å². The highest BCUT2D eigenvalue weighted by molar-refractivity contribution is 5.35. The van der Waals surface area contributed by atoms with Crippen LogP contribution in [0.2, 0.25) is 0 Å². The minimum atomic E-state index is -0.203. The number of morpholine rings is 1. The Bertz CT molecular complexity index is 553. The number of rotatable bonds is 1. The van der Waals surface area contributed by atoms with E-state index in [1.807, 2.05) is 0 Å². The van der Waals surface area contributed by atoms with Crippen LogP contribution in [0.4, 0.5) is 5.95 Å².